The molecule has 0 bridgehead atoms. The first-order valence-electron chi connectivity index (χ1n) is 5.26. The lowest BCUT2D eigenvalue weighted by molar-refractivity contribution is -0.384. The molecule has 0 amide bonds. The molecule has 110 valence electrons. The van der Waals surface area contributed by atoms with Gasteiger partial charge in [-0.1, -0.05) is 0 Å². The van der Waals surface area contributed by atoms with Gasteiger partial charge in [-0.25, -0.2) is 13.6 Å². The van der Waals surface area contributed by atoms with Crippen LogP contribution in [0, 0.1) is 10.1 Å². The van der Waals surface area contributed by atoms with Gasteiger partial charge < -0.3 is 9.64 Å². The van der Waals surface area contributed by atoms with Gasteiger partial charge in [0.05, 0.1) is 16.9 Å². The minimum atomic E-state index is -4.04. The van der Waals surface area contributed by atoms with Crippen LogP contribution in [-0.2, 0) is 19.6 Å². The van der Waals surface area contributed by atoms with Gasteiger partial charge in [0.2, 0.25) is 10.0 Å². The average Bonchev–Trinajstić information content (AvgIpc) is 2.36. The largest absolute Gasteiger partial charge is 0.468 e. The highest BCUT2D eigenvalue weighted by Crippen LogP contribution is 2.29. The van der Waals surface area contributed by atoms with Crippen molar-refractivity contribution in [1.29, 1.82) is 0 Å². The van der Waals surface area contributed by atoms with Crippen LogP contribution in [0.25, 0.3) is 0 Å². The molecule has 0 saturated heterocycles. The van der Waals surface area contributed by atoms with Gasteiger partial charge in [-0.3, -0.25) is 14.9 Å². The molecule has 0 saturated carbocycles. The lowest BCUT2D eigenvalue weighted by Gasteiger charge is -2.17. The third-order valence-electron chi connectivity index (χ3n) is 2.48. The van der Waals surface area contributed by atoms with E-state index in [4.69, 9.17) is 5.14 Å². The quantitative estimate of drug-likeness (QED) is 0.454. The van der Waals surface area contributed by atoms with Crippen LogP contribution in [0.3, 0.4) is 0 Å². The number of nitro groups is 1. The number of esters is 1. The Balaban J connectivity index is 3.27. The zero-order valence-electron chi connectivity index (χ0n) is 10.8. The molecule has 1 rings (SSSR count). The Hall–Kier alpha value is -2.20. The van der Waals surface area contributed by atoms with Gasteiger partial charge in [0, 0.05) is 13.1 Å². The van der Waals surface area contributed by atoms with Crippen LogP contribution in [0.1, 0.15) is 0 Å². The van der Waals surface area contributed by atoms with Gasteiger partial charge in [0.25, 0.3) is 5.69 Å². The number of nitrogens with zero attached hydrogens (tertiary/aromatic N) is 2. The number of nitrogens with two attached hydrogens (primary N) is 1. The second-order valence-corrected chi connectivity index (χ2v) is 5.45. The van der Waals surface area contributed by atoms with Crippen LogP contribution in [0.5, 0.6) is 0 Å². The first kappa shape index (κ1) is 15.9. The fraction of sp³-hybridized carbons (Fsp3) is 0.300. The number of ether oxygens (including phenoxy) is 1. The molecule has 9 nitrogen and oxygen atoms in total. The second kappa shape index (κ2) is 5.84. The molecule has 0 heterocycles. The van der Waals surface area contributed by atoms with Crippen molar-refractivity contribution < 1.29 is 22.9 Å². The number of hydrogen-bond donors (Lipinski definition) is 1. The molecule has 0 fully saturated rings. The molecule has 10 heteroatoms. The maximum Gasteiger partial charge on any atom is 0.325 e. The standard InChI is InChI=1S/C10H13N3O6S/c1-12(6-10(14)19-2)8-4-3-7(20(11,17)18)5-9(8)13(15)16/h3-5H,6H2,1-2H3,(H2,11,17,18). The summed E-state index contributed by atoms with van der Waals surface area (Å²) in [7, 11) is -1.41. The number of likely N-dealkylation sites (N-methyl/N-ethyl adjacent to an activating group) is 1. The van der Waals surface area contributed by atoms with E-state index in [0.717, 1.165) is 12.1 Å². The minimum Gasteiger partial charge on any atom is -0.468 e. The molecule has 0 aliphatic rings. The summed E-state index contributed by atoms with van der Waals surface area (Å²) in [5.41, 5.74) is -0.393. The molecule has 0 unspecified atom stereocenters. The van der Waals surface area contributed by atoms with Crippen molar-refractivity contribution >= 4 is 27.4 Å². The van der Waals surface area contributed by atoms with Crippen molar-refractivity contribution in [3.8, 4) is 0 Å². The Labute approximate surface area is 115 Å². The number of benzene rings is 1. The first-order valence-corrected chi connectivity index (χ1v) is 6.80. The highest BCUT2D eigenvalue weighted by atomic mass is 32.2. The maximum absolute atomic E-state index is 11.2. The molecular formula is C10H13N3O6S. The Kier molecular flexibility index (Phi) is 4.63. The zero-order valence-corrected chi connectivity index (χ0v) is 11.6. The topological polar surface area (TPSA) is 133 Å². The van der Waals surface area contributed by atoms with Gasteiger partial charge in [-0.2, -0.15) is 0 Å². The lowest BCUT2D eigenvalue weighted by Crippen LogP contribution is -2.27. The van der Waals surface area contributed by atoms with Crippen molar-refractivity contribution in [2.45, 2.75) is 4.90 Å². The summed E-state index contributed by atoms with van der Waals surface area (Å²) in [5, 5.41) is 15.9. The van der Waals surface area contributed by atoms with E-state index in [1.807, 2.05) is 0 Å². The summed E-state index contributed by atoms with van der Waals surface area (Å²) in [5.74, 6) is -0.586. The van der Waals surface area contributed by atoms with E-state index in [9.17, 15) is 23.3 Å². The fourth-order valence-electron chi connectivity index (χ4n) is 1.49. The third-order valence-corrected chi connectivity index (χ3v) is 3.39. The van der Waals surface area contributed by atoms with Crippen molar-refractivity contribution in [1.82, 2.24) is 0 Å². The van der Waals surface area contributed by atoms with Crippen molar-refractivity contribution in [3.05, 3.63) is 28.3 Å². The molecule has 0 aliphatic heterocycles. The number of carbonyl (C=O) groups excluding carboxylic acids is 1. The number of anilines is 1. The predicted molar refractivity (Wildman–Crippen MR) is 69.8 cm³/mol. The normalized spacial score (nSPS) is 10.9. The number of sulfonamides is 1. The Morgan fingerprint density at radius 3 is 2.55 bits per heavy atom. The number of carbonyl (C=O) groups is 1. The Morgan fingerprint density at radius 1 is 1.50 bits per heavy atom. The molecule has 0 atom stereocenters. The minimum absolute atomic E-state index is 0.0767. The van der Waals surface area contributed by atoms with Crippen molar-refractivity contribution in [2.75, 3.05) is 25.6 Å². The van der Waals surface area contributed by atoms with Gasteiger partial charge in [-0.05, 0) is 12.1 Å². The van der Waals surface area contributed by atoms with E-state index >= 15 is 0 Å². The van der Waals surface area contributed by atoms with Gasteiger partial charge in [0.1, 0.15) is 12.2 Å². The summed E-state index contributed by atoms with van der Waals surface area (Å²) in [6, 6.07) is 3.19. The van der Waals surface area contributed by atoms with Gasteiger partial charge >= 0.3 is 5.97 Å². The maximum atomic E-state index is 11.2. The van der Waals surface area contributed by atoms with Crippen LogP contribution in [0.4, 0.5) is 11.4 Å². The SMILES string of the molecule is COC(=O)CN(C)c1ccc(S(N)(=O)=O)cc1[N+](=O)[O-]. The fourth-order valence-corrected chi connectivity index (χ4v) is 2.03. The molecular weight excluding hydrogens is 290 g/mol. The first-order chi connectivity index (χ1) is 9.16. The van der Waals surface area contributed by atoms with Crippen LogP contribution in [0.2, 0.25) is 0 Å². The molecule has 0 aromatic heterocycles. The summed E-state index contributed by atoms with van der Waals surface area (Å²) in [4.78, 5) is 22.3. The van der Waals surface area contributed by atoms with Crippen LogP contribution in [-0.4, -0.2) is 40.0 Å². The lowest BCUT2D eigenvalue weighted by atomic mass is 10.2. The number of methoxy groups -OCH3 is 1. The van der Waals surface area contributed by atoms with Crippen LogP contribution in [0.15, 0.2) is 23.1 Å². The van der Waals surface area contributed by atoms with E-state index in [1.165, 1.54) is 25.1 Å². The smallest absolute Gasteiger partial charge is 0.325 e. The molecule has 20 heavy (non-hydrogen) atoms. The molecule has 0 radical (unpaired) electrons. The molecule has 0 spiro atoms. The van der Waals surface area contributed by atoms with E-state index in [-0.39, 0.29) is 17.1 Å². The molecule has 0 aliphatic carbocycles. The molecule has 1 aromatic rings. The highest BCUT2D eigenvalue weighted by Gasteiger charge is 2.22. The van der Waals surface area contributed by atoms with Gasteiger partial charge in [0.15, 0.2) is 0 Å². The second-order valence-electron chi connectivity index (χ2n) is 3.88. The summed E-state index contributed by atoms with van der Waals surface area (Å²) < 4.78 is 26.8. The number of nitro benzene ring substituents is 1. The van der Waals surface area contributed by atoms with Crippen molar-refractivity contribution in [2.24, 2.45) is 5.14 Å². The number of primary sulfonamides is 1. The van der Waals surface area contributed by atoms with Crippen LogP contribution >= 0.6 is 0 Å². The highest BCUT2D eigenvalue weighted by molar-refractivity contribution is 7.89. The zero-order chi connectivity index (χ0) is 15.5. The Bertz CT molecular complexity index is 642. The van der Waals surface area contributed by atoms with E-state index < -0.39 is 26.6 Å². The third kappa shape index (κ3) is 3.65. The Morgan fingerprint density at radius 2 is 2.10 bits per heavy atom. The average molecular weight is 303 g/mol. The molecule has 1 aromatic carbocycles. The summed E-state index contributed by atoms with van der Waals surface area (Å²) in [6.45, 7) is -0.216. The number of rotatable bonds is 5. The monoisotopic (exact) mass is 303 g/mol. The number of hydrogen-bond acceptors (Lipinski definition) is 7. The van der Waals surface area contributed by atoms with E-state index in [1.54, 1.807) is 0 Å². The van der Waals surface area contributed by atoms with E-state index in [2.05, 4.69) is 4.74 Å². The summed E-state index contributed by atoms with van der Waals surface area (Å²) in [6.07, 6.45) is 0. The van der Waals surface area contributed by atoms with Gasteiger partial charge in [-0.15, -0.1) is 0 Å². The molecule has 2 N–H and O–H groups in total. The van der Waals surface area contributed by atoms with Crippen LogP contribution < -0.4 is 10.0 Å². The predicted octanol–water partition coefficient (Wildman–Crippen LogP) is -0.149. The van der Waals surface area contributed by atoms with E-state index in [0.29, 0.717) is 0 Å². The summed E-state index contributed by atoms with van der Waals surface area (Å²) >= 11 is 0. The van der Waals surface area contributed by atoms with Crippen molar-refractivity contribution in [3.63, 3.8) is 0 Å².